The van der Waals surface area contributed by atoms with E-state index in [9.17, 15) is 4.79 Å². The first kappa shape index (κ1) is 20.3. The molecule has 0 saturated heterocycles. The van der Waals surface area contributed by atoms with Crippen molar-refractivity contribution in [2.75, 3.05) is 25.0 Å². The number of rotatable bonds is 6. The fourth-order valence-corrected chi connectivity index (χ4v) is 3.85. The van der Waals surface area contributed by atoms with E-state index in [1.807, 2.05) is 6.07 Å². The summed E-state index contributed by atoms with van der Waals surface area (Å²) in [5.74, 6) is 0.826. The van der Waals surface area contributed by atoms with Crippen LogP contribution in [0.1, 0.15) is 62.6 Å². The summed E-state index contributed by atoms with van der Waals surface area (Å²) in [7, 11) is 0. The van der Waals surface area contributed by atoms with Gasteiger partial charge in [0.2, 0.25) is 5.91 Å². The fraction of sp³-hybridized carbons (Fsp3) is 0.400. The molecule has 28 heavy (non-hydrogen) atoms. The Morgan fingerprint density at radius 1 is 0.964 bits per heavy atom. The molecule has 2 aromatic rings. The van der Waals surface area contributed by atoms with E-state index in [1.165, 1.54) is 22.3 Å². The molecule has 1 aliphatic heterocycles. The zero-order valence-electron chi connectivity index (χ0n) is 17.5. The molecule has 1 amide bonds. The number of nitrogens with zero attached hydrogens (tertiary/aromatic N) is 1. The molecule has 148 valence electrons. The van der Waals surface area contributed by atoms with Crippen LogP contribution in [0.25, 0.3) is 5.57 Å². The second kappa shape index (κ2) is 9.20. The van der Waals surface area contributed by atoms with Crippen molar-refractivity contribution >= 4 is 17.2 Å². The number of hydrogen-bond donors (Lipinski definition) is 1. The quantitative estimate of drug-likeness (QED) is 0.705. The van der Waals surface area contributed by atoms with Gasteiger partial charge in [0, 0.05) is 18.8 Å². The Morgan fingerprint density at radius 3 is 2.14 bits per heavy atom. The molecule has 0 bridgehead atoms. The number of hydrogen-bond acceptors (Lipinski definition) is 2. The van der Waals surface area contributed by atoms with Gasteiger partial charge >= 0.3 is 0 Å². The second-order valence-electron chi connectivity index (χ2n) is 8.25. The summed E-state index contributed by atoms with van der Waals surface area (Å²) in [5.41, 5.74) is 6.10. The molecule has 1 N–H and O–H groups in total. The fourth-order valence-electron chi connectivity index (χ4n) is 3.85. The maximum Gasteiger partial charge on any atom is 0.238 e. The van der Waals surface area contributed by atoms with Crippen molar-refractivity contribution in [3.05, 3.63) is 71.3 Å². The summed E-state index contributed by atoms with van der Waals surface area (Å²) >= 11 is 0. The van der Waals surface area contributed by atoms with Gasteiger partial charge in [-0.05, 0) is 40.5 Å². The maximum absolute atomic E-state index is 12.8. The van der Waals surface area contributed by atoms with Crippen molar-refractivity contribution in [2.45, 2.75) is 46.0 Å². The van der Waals surface area contributed by atoms with Gasteiger partial charge in [0.1, 0.15) is 0 Å². The highest BCUT2D eigenvalue weighted by molar-refractivity contribution is 5.94. The molecule has 0 atom stereocenters. The number of para-hydroxylation sites is 1. The second-order valence-corrected chi connectivity index (χ2v) is 8.25. The molecule has 0 fully saturated rings. The molecular formula is C25H32N2O. The largest absolute Gasteiger partial charge is 0.324 e. The zero-order valence-corrected chi connectivity index (χ0v) is 17.5. The monoisotopic (exact) mass is 376 g/mol. The van der Waals surface area contributed by atoms with E-state index in [4.69, 9.17) is 0 Å². The lowest BCUT2D eigenvalue weighted by Gasteiger charge is -2.27. The van der Waals surface area contributed by atoms with Gasteiger partial charge in [0.25, 0.3) is 0 Å². The minimum atomic E-state index is 0.0755. The van der Waals surface area contributed by atoms with Crippen LogP contribution in [-0.2, 0) is 4.79 Å². The molecule has 0 saturated carbocycles. The molecule has 3 rings (SSSR count). The van der Waals surface area contributed by atoms with Gasteiger partial charge in [-0.15, -0.1) is 0 Å². The maximum atomic E-state index is 12.8. The highest BCUT2D eigenvalue weighted by atomic mass is 16.2. The molecular weight excluding hydrogens is 344 g/mol. The molecule has 3 nitrogen and oxygen atoms in total. The van der Waals surface area contributed by atoms with Crippen LogP contribution < -0.4 is 5.32 Å². The Bertz CT molecular complexity index is 811. The van der Waals surface area contributed by atoms with Crippen molar-refractivity contribution in [3.63, 3.8) is 0 Å². The first-order valence-corrected chi connectivity index (χ1v) is 10.3. The van der Waals surface area contributed by atoms with Crippen LogP contribution in [0.4, 0.5) is 5.69 Å². The van der Waals surface area contributed by atoms with Gasteiger partial charge in [-0.25, -0.2) is 0 Å². The van der Waals surface area contributed by atoms with Gasteiger partial charge in [0.05, 0.1) is 6.54 Å². The van der Waals surface area contributed by atoms with Crippen molar-refractivity contribution in [2.24, 2.45) is 0 Å². The summed E-state index contributed by atoms with van der Waals surface area (Å²) < 4.78 is 0. The Morgan fingerprint density at radius 2 is 1.61 bits per heavy atom. The molecule has 2 aromatic carbocycles. The minimum absolute atomic E-state index is 0.0755. The standard InChI is InChI=1S/C25H32N2O/c1-18(2)22-11-8-12-23(19(3)4)25(22)26-24(28)17-27-15-13-21(14-16-27)20-9-6-5-7-10-20/h5-13,18-19H,14-17H2,1-4H3,(H,26,28). The predicted octanol–water partition coefficient (Wildman–Crippen LogP) is 5.66. The van der Waals surface area contributed by atoms with Gasteiger partial charge in [-0.2, -0.15) is 0 Å². The van der Waals surface area contributed by atoms with Crippen molar-refractivity contribution in [1.82, 2.24) is 4.90 Å². The summed E-state index contributed by atoms with van der Waals surface area (Å²) in [5, 5.41) is 3.23. The van der Waals surface area contributed by atoms with Crippen LogP contribution >= 0.6 is 0 Å². The van der Waals surface area contributed by atoms with E-state index in [2.05, 4.69) is 86.5 Å². The van der Waals surface area contributed by atoms with Crippen molar-refractivity contribution < 1.29 is 4.79 Å². The average molecular weight is 377 g/mol. The Hall–Kier alpha value is -2.39. The topological polar surface area (TPSA) is 32.3 Å². The number of carbonyl (C=O) groups excluding carboxylic acids is 1. The first-order valence-electron chi connectivity index (χ1n) is 10.3. The van der Waals surface area contributed by atoms with E-state index < -0.39 is 0 Å². The number of nitrogens with one attached hydrogen (secondary N) is 1. The molecule has 1 aliphatic rings. The molecule has 0 aliphatic carbocycles. The van der Waals surface area contributed by atoms with Gasteiger partial charge in [-0.3, -0.25) is 9.69 Å². The van der Waals surface area contributed by atoms with E-state index in [-0.39, 0.29) is 5.91 Å². The number of carbonyl (C=O) groups is 1. The minimum Gasteiger partial charge on any atom is -0.324 e. The third kappa shape index (κ3) is 4.90. The highest BCUT2D eigenvalue weighted by Gasteiger charge is 2.19. The Kier molecular flexibility index (Phi) is 6.69. The third-order valence-electron chi connectivity index (χ3n) is 5.44. The summed E-state index contributed by atoms with van der Waals surface area (Å²) in [6.07, 6.45) is 3.24. The third-order valence-corrected chi connectivity index (χ3v) is 5.44. The lowest BCUT2D eigenvalue weighted by Crippen LogP contribution is -2.36. The number of amides is 1. The highest BCUT2D eigenvalue weighted by Crippen LogP contribution is 2.32. The molecule has 0 spiro atoms. The van der Waals surface area contributed by atoms with Crippen LogP contribution in [0.15, 0.2) is 54.6 Å². The van der Waals surface area contributed by atoms with Gasteiger partial charge < -0.3 is 5.32 Å². The summed E-state index contributed by atoms with van der Waals surface area (Å²) in [6, 6.07) is 16.9. The smallest absolute Gasteiger partial charge is 0.238 e. The molecule has 0 radical (unpaired) electrons. The molecule has 1 heterocycles. The summed E-state index contributed by atoms with van der Waals surface area (Å²) in [6.45, 7) is 10.9. The number of benzene rings is 2. The molecule has 0 aromatic heterocycles. The first-order chi connectivity index (χ1) is 13.5. The number of anilines is 1. The zero-order chi connectivity index (χ0) is 20.1. The normalized spacial score (nSPS) is 15.0. The van der Waals surface area contributed by atoms with Crippen molar-refractivity contribution in [1.29, 1.82) is 0 Å². The van der Waals surface area contributed by atoms with Crippen LogP contribution in [-0.4, -0.2) is 30.4 Å². The molecule has 0 unspecified atom stereocenters. The van der Waals surface area contributed by atoms with Crippen LogP contribution in [0.3, 0.4) is 0 Å². The van der Waals surface area contributed by atoms with Gasteiger partial charge in [0.15, 0.2) is 0 Å². The van der Waals surface area contributed by atoms with Crippen LogP contribution in [0, 0.1) is 0 Å². The Labute approximate surface area is 169 Å². The Balaban J connectivity index is 1.66. The predicted molar refractivity (Wildman–Crippen MR) is 119 cm³/mol. The van der Waals surface area contributed by atoms with Crippen LogP contribution in [0.2, 0.25) is 0 Å². The average Bonchev–Trinajstić information content (AvgIpc) is 2.69. The SMILES string of the molecule is CC(C)c1cccc(C(C)C)c1NC(=O)CN1CC=C(c2ccccc2)CC1. The lowest BCUT2D eigenvalue weighted by atomic mass is 9.92. The lowest BCUT2D eigenvalue weighted by molar-refractivity contribution is -0.117. The van der Waals surface area contributed by atoms with Crippen molar-refractivity contribution in [3.8, 4) is 0 Å². The summed E-state index contributed by atoms with van der Waals surface area (Å²) in [4.78, 5) is 15.0. The van der Waals surface area contributed by atoms with E-state index in [0.717, 1.165) is 25.2 Å². The van der Waals surface area contributed by atoms with E-state index in [0.29, 0.717) is 18.4 Å². The van der Waals surface area contributed by atoms with E-state index >= 15 is 0 Å². The van der Waals surface area contributed by atoms with Crippen LogP contribution in [0.5, 0.6) is 0 Å². The molecule has 3 heteroatoms. The van der Waals surface area contributed by atoms with Gasteiger partial charge in [-0.1, -0.05) is 82.3 Å². The van der Waals surface area contributed by atoms with E-state index in [1.54, 1.807) is 0 Å².